The zero-order valence-electron chi connectivity index (χ0n) is 17.5. The van der Waals surface area contributed by atoms with E-state index in [-0.39, 0.29) is 18.7 Å². The molecule has 0 saturated carbocycles. The zero-order chi connectivity index (χ0) is 22.8. The van der Waals surface area contributed by atoms with Crippen LogP contribution < -0.4 is 0 Å². The van der Waals surface area contributed by atoms with Crippen LogP contribution in [0.5, 0.6) is 0 Å². The van der Waals surface area contributed by atoms with Gasteiger partial charge in [-0.3, -0.25) is 13.9 Å². The normalized spacial score (nSPS) is 22.1. The molecule has 1 aliphatic rings. The van der Waals surface area contributed by atoms with Crippen LogP contribution in [0.4, 0.5) is 8.78 Å². The van der Waals surface area contributed by atoms with Crippen LogP contribution in [-0.2, 0) is 35.8 Å². The highest BCUT2D eigenvalue weighted by Crippen LogP contribution is 2.42. The summed E-state index contributed by atoms with van der Waals surface area (Å²) in [6.07, 6.45) is -0.679. The van der Waals surface area contributed by atoms with Gasteiger partial charge in [0.05, 0.1) is 13.2 Å². The number of carbonyl (C=O) groups is 1. The number of methoxy groups -OCH3 is 1. The SMILES string of the molecule is COC(=O)[C@]1(c2ccc(F)cc2F)CN(Cc2ccccc2)C[C@@H]1S(=O)(=O)OC(C)C. The minimum atomic E-state index is -4.33. The summed E-state index contributed by atoms with van der Waals surface area (Å²) in [4.78, 5) is 14.8. The first-order valence-electron chi connectivity index (χ1n) is 9.82. The molecule has 6 nitrogen and oxygen atoms in total. The summed E-state index contributed by atoms with van der Waals surface area (Å²) < 4.78 is 65.0. The van der Waals surface area contributed by atoms with E-state index in [9.17, 15) is 22.0 Å². The second-order valence-corrected chi connectivity index (χ2v) is 9.62. The second-order valence-electron chi connectivity index (χ2n) is 7.87. The molecule has 168 valence electrons. The van der Waals surface area contributed by atoms with E-state index in [1.165, 1.54) is 0 Å². The van der Waals surface area contributed by atoms with Gasteiger partial charge in [-0.25, -0.2) is 8.78 Å². The molecule has 0 spiro atoms. The van der Waals surface area contributed by atoms with Crippen LogP contribution in [0.3, 0.4) is 0 Å². The Kier molecular flexibility index (Phi) is 6.78. The van der Waals surface area contributed by atoms with E-state index in [2.05, 4.69) is 0 Å². The predicted molar refractivity (Wildman–Crippen MR) is 111 cm³/mol. The smallest absolute Gasteiger partial charge is 0.319 e. The molecule has 1 saturated heterocycles. The van der Waals surface area contributed by atoms with Crippen LogP contribution in [0.25, 0.3) is 0 Å². The maximum atomic E-state index is 14.9. The van der Waals surface area contributed by atoms with Crippen LogP contribution >= 0.6 is 0 Å². The molecule has 1 heterocycles. The molecule has 0 aliphatic carbocycles. The van der Waals surface area contributed by atoms with Gasteiger partial charge in [-0.2, -0.15) is 8.42 Å². The highest BCUT2D eigenvalue weighted by atomic mass is 32.2. The maximum Gasteiger partial charge on any atom is 0.319 e. The fourth-order valence-electron chi connectivity index (χ4n) is 4.14. The molecule has 0 amide bonds. The van der Waals surface area contributed by atoms with Crippen molar-refractivity contribution in [1.29, 1.82) is 0 Å². The number of benzene rings is 2. The number of rotatable bonds is 7. The molecule has 3 rings (SSSR count). The lowest BCUT2D eigenvalue weighted by molar-refractivity contribution is -0.147. The van der Waals surface area contributed by atoms with Gasteiger partial charge in [-0.15, -0.1) is 0 Å². The average Bonchev–Trinajstić information content (AvgIpc) is 3.08. The van der Waals surface area contributed by atoms with Gasteiger partial charge in [0, 0.05) is 31.3 Å². The van der Waals surface area contributed by atoms with Crippen molar-refractivity contribution >= 4 is 16.1 Å². The molecule has 2 aromatic carbocycles. The Labute approximate surface area is 180 Å². The zero-order valence-corrected chi connectivity index (χ0v) is 18.4. The lowest BCUT2D eigenvalue weighted by atomic mass is 9.78. The topological polar surface area (TPSA) is 72.9 Å². The largest absolute Gasteiger partial charge is 0.468 e. The Morgan fingerprint density at radius 1 is 1.19 bits per heavy atom. The van der Waals surface area contributed by atoms with Crippen molar-refractivity contribution in [3.8, 4) is 0 Å². The number of halogens is 2. The van der Waals surface area contributed by atoms with E-state index in [1.54, 1.807) is 18.7 Å². The summed E-state index contributed by atoms with van der Waals surface area (Å²) in [5.41, 5.74) is -1.27. The van der Waals surface area contributed by atoms with E-state index in [0.29, 0.717) is 12.6 Å². The number of ether oxygens (including phenoxy) is 1. The van der Waals surface area contributed by atoms with Gasteiger partial charge in [-0.1, -0.05) is 36.4 Å². The molecule has 9 heteroatoms. The van der Waals surface area contributed by atoms with Gasteiger partial charge in [0.1, 0.15) is 22.3 Å². The molecule has 0 bridgehead atoms. The molecule has 1 fully saturated rings. The third-order valence-electron chi connectivity index (χ3n) is 5.33. The van der Waals surface area contributed by atoms with E-state index < -0.39 is 44.5 Å². The molecule has 0 radical (unpaired) electrons. The molecule has 31 heavy (non-hydrogen) atoms. The monoisotopic (exact) mass is 453 g/mol. The number of esters is 1. The first-order valence-corrected chi connectivity index (χ1v) is 11.3. The van der Waals surface area contributed by atoms with Crippen molar-refractivity contribution in [3.63, 3.8) is 0 Å². The third-order valence-corrected chi connectivity index (χ3v) is 7.23. The maximum absolute atomic E-state index is 14.9. The summed E-state index contributed by atoms with van der Waals surface area (Å²) in [6, 6.07) is 12.0. The second kappa shape index (κ2) is 9.02. The van der Waals surface area contributed by atoms with E-state index in [4.69, 9.17) is 8.92 Å². The van der Waals surface area contributed by atoms with E-state index in [0.717, 1.165) is 24.8 Å². The molecule has 2 aromatic rings. The summed E-state index contributed by atoms with van der Waals surface area (Å²) in [5, 5.41) is -1.45. The first-order chi connectivity index (χ1) is 14.6. The Morgan fingerprint density at radius 2 is 1.87 bits per heavy atom. The molecular formula is C22H25F2NO5S. The quantitative estimate of drug-likeness (QED) is 0.474. The Balaban J connectivity index is 2.16. The summed E-state index contributed by atoms with van der Waals surface area (Å²) in [7, 11) is -3.22. The standard InChI is InChI=1S/C22H25F2NO5S/c1-15(2)30-31(27,28)20-13-25(12-16-7-5-4-6-8-16)14-22(20,21(26)29-3)18-10-9-17(23)11-19(18)24/h4-11,15,20H,12-14H2,1-3H3/t20-,22-/m0/s1. The van der Waals surface area contributed by atoms with Crippen LogP contribution in [-0.4, -0.2) is 50.8 Å². The van der Waals surface area contributed by atoms with E-state index in [1.807, 2.05) is 30.3 Å². The number of likely N-dealkylation sites (tertiary alicyclic amines) is 1. The minimum Gasteiger partial charge on any atom is -0.468 e. The van der Waals surface area contributed by atoms with Gasteiger partial charge in [0.25, 0.3) is 10.1 Å². The minimum absolute atomic E-state index is 0.0874. The summed E-state index contributed by atoms with van der Waals surface area (Å²) >= 11 is 0. The Hall–Kier alpha value is -2.36. The predicted octanol–water partition coefficient (Wildman–Crippen LogP) is 3.01. The van der Waals surface area contributed by atoms with E-state index >= 15 is 0 Å². The molecular weight excluding hydrogens is 428 g/mol. The third kappa shape index (κ3) is 4.63. The first kappa shape index (κ1) is 23.3. The van der Waals surface area contributed by atoms with Gasteiger partial charge in [0.15, 0.2) is 0 Å². The average molecular weight is 454 g/mol. The molecule has 2 atom stereocenters. The highest BCUT2D eigenvalue weighted by molar-refractivity contribution is 7.87. The van der Waals surface area contributed by atoms with Crippen LogP contribution in [0.15, 0.2) is 48.5 Å². The van der Waals surface area contributed by atoms with Crippen molar-refractivity contribution in [3.05, 3.63) is 71.3 Å². The Morgan fingerprint density at radius 3 is 2.45 bits per heavy atom. The highest BCUT2D eigenvalue weighted by Gasteiger charge is 2.61. The Bertz CT molecular complexity index is 1050. The van der Waals surface area contributed by atoms with Gasteiger partial charge < -0.3 is 4.74 Å². The number of nitrogens with zero attached hydrogens (tertiary/aromatic N) is 1. The van der Waals surface area contributed by atoms with Crippen LogP contribution in [0, 0.1) is 11.6 Å². The molecule has 0 unspecified atom stereocenters. The van der Waals surface area contributed by atoms with Gasteiger partial charge >= 0.3 is 5.97 Å². The fourth-order valence-corrected chi connectivity index (χ4v) is 6.00. The van der Waals surface area contributed by atoms with Crippen LogP contribution in [0.2, 0.25) is 0 Å². The van der Waals surface area contributed by atoms with Crippen molar-refractivity contribution < 1.29 is 30.9 Å². The summed E-state index contributed by atoms with van der Waals surface area (Å²) in [6.45, 7) is 3.20. The van der Waals surface area contributed by atoms with Gasteiger partial charge in [-0.05, 0) is 25.5 Å². The lowest BCUT2D eigenvalue weighted by Gasteiger charge is -2.32. The molecule has 0 aromatic heterocycles. The molecule has 0 N–H and O–H groups in total. The number of carbonyl (C=O) groups excluding carboxylic acids is 1. The van der Waals surface area contributed by atoms with Crippen molar-refractivity contribution in [1.82, 2.24) is 4.90 Å². The molecule has 1 aliphatic heterocycles. The number of hydrogen-bond donors (Lipinski definition) is 0. The lowest BCUT2D eigenvalue weighted by Crippen LogP contribution is -2.51. The van der Waals surface area contributed by atoms with Crippen molar-refractivity contribution in [2.75, 3.05) is 20.2 Å². The number of hydrogen-bond acceptors (Lipinski definition) is 6. The van der Waals surface area contributed by atoms with Crippen molar-refractivity contribution in [2.24, 2.45) is 0 Å². The summed E-state index contributed by atoms with van der Waals surface area (Å²) in [5.74, 6) is -2.77. The van der Waals surface area contributed by atoms with Gasteiger partial charge in [0.2, 0.25) is 0 Å². The fraction of sp³-hybridized carbons (Fsp3) is 0.409. The van der Waals surface area contributed by atoms with Crippen LogP contribution in [0.1, 0.15) is 25.0 Å². The van der Waals surface area contributed by atoms with Crippen molar-refractivity contribution in [2.45, 2.75) is 37.2 Å².